The van der Waals surface area contributed by atoms with Crippen LogP contribution in [0.2, 0.25) is 0 Å². The minimum atomic E-state index is -0.469. The van der Waals surface area contributed by atoms with Gasteiger partial charge in [0.25, 0.3) is 0 Å². The number of nitrogens with zero attached hydrogens (tertiary/aromatic N) is 1. The van der Waals surface area contributed by atoms with Crippen LogP contribution in [0.15, 0.2) is 59.4 Å². The first kappa shape index (κ1) is 21.4. The molecule has 0 aliphatic carbocycles. The molecule has 7 heteroatoms. The molecule has 156 valence electrons. The molecule has 1 N–H and O–H groups in total. The SMILES string of the molecule is COC(=O)c1ccc(/C=C/c2cc(/C=C/c3ccc(C(=O)OC)cc3)[nH]c(=O)n2)cc1. The van der Waals surface area contributed by atoms with Gasteiger partial charge in [0.2, 0.25) is 0 Å². The average molecular weight is 416 g/mol. The fraction of sp³-hybridized carbons (Fsp3) is 0.0833. The van der Waals surface area contributed by atoms with Crippen molar-refractivity contribution in [3.8, 4) is 0 Å². The summed E-state index contributed by atoms with van der Waals surface area (Å²) in [7, 11) is 2.66. The van der Waals surface area contributed by atoms with Crippen molar-refractivity contribution in [2.75, 3.05) is 14.2 Å². The van der Waals surface area contributed by atoms with Crippen molar-refractivity contribution < 1.29 is 19.1 Å². The van der Waals surface area contributed by atoms with Crippen LogP contribution in [0.1, 0.15) is 43.2 Å². The number of methoxy groups -OCH3 is 2. The standard InChI is InChI=1S/C24H20N2O5/c1-30-22(27)18-9-3-16(4-10-18)7-13-20-15-21(26-24(29)25-20)14-8-17-5-11-19(12-6-17)23(28)31-2/h3-15H,1-2H3,(H,25,26,29)/b13-7+,14-8+. The second kappa shape index (κ2) is 9.98. The van der Waals surface area contributed by atoms with Gasteiger partial charge in [0.15, 0.2) is 0 Å². The summed E-state index contributed by atoms with van der Waals surface area (Å²) in [6.07, 6.45) is 7.07. The quantitative estimate of drug-likeness (QED) is 0.616. The van der Waals surface area contributed by atoms with Gasteiger partial charge < -0.3 is 14.5 Å². The van der Waals surface area contributed by atoms with Gasteiger partial charge in [-0.3, -0.25) is 0 Å². The lowest BCUT2D eigenvalue weighted by molar-refractivity contribution is 0.0592. The van der Waals surface area contributed by atoms with Crippen molar-refractivity contribution in [1.29, 1.82) is 0 Å². The number of H-pyrrole nitrogens is 1. The molecular weight excluding hydrogens is 396 g/mol. The van der Waals surface area contributed by atoms with E-state index in [4.69, 9.17) is 0 Å². The van der Waals surface area contributed by atoms with Crippen molar-refractivity contribution in [2.45, 2.75) is 0 Å². The van der Waals surface area contributed by atoms with Crippen molar-refractivity contribution in [2.24, 2.45) is 0 Å². The van der Waals surface area contributed by atoms with Crippen LogP contribution in [0.3, 0.4) is 0 Å². The van der Waals surface area contributed by atoms with Crippen LogP contribution >= 0.6 is 0 Å². The first-order chi connectivity index (χ1) is 15.0. The van der Waals surface area contributed by atoms with E-state index in [9.17, 15) is 14.4 Å². The molecule has 7 nitrogen and oxygen atoms in total. The third-order valence-corrected chi connectivity index (χ3v) is 4.35. The van der Waals surface area contributed by atoms with E-state index in [2.05, 4.69) is 19.4 Å². The molecule has 1 heterocycles. The zero-order chi connectivity index (χ0) is 22.2. The second-order valence-electron chi connectivity index (χ2n) is 6.46. The maximum Gasteiger partial charge on any atom is 0.345 e. The van der Waals surface area contributed by atoms with E-state index in [1.54, 1.807) is 72.8 Å². The molecular formula is C24H20N2O5. The lowest BCUT2D eigenvalue weighted by Gasteiger charge is -2.00. The van der Waals surface area contributed by atoms with Gasteiger partial charge in [-0.05, 0) is 53.6 Å². The molecule has 0 bridgehead atoms. The highest BCUT2D eigenvalue weighted by molar-refractivity contribution is 5.90. The highest BCUT2D eigenvalue weighted by atomic mass is 16.5. The number of hydrogen-bond acceptors (Lipinski definition) is 6. The molecule has 0 atom stereocenters. The van der Waals surface area contributed by atoms with Gasteiger partial charge in [-0.1, -0.05) is 36.4 Å². The fourth-order valence-electron chi connectivity index (χ4n) is 2.74. The molecule has 0 aliphatic heterocycles. The van der Waals surface area contributed by atoms with Gasteiger partial charge >= 0.3 is 17.6 Å². The fourth-order valence-corrected chi connectivity index (χ4v) is 2.74. The maximum absolute atomic E-state index is 11.9. The molecule has 0 fully saturated rings. The van der Waals surface area contributed by atoms with E-state index in [0.29, 0.717) is 22.5 Å². The van der Waals surface area contributed by atoms with E-state index < -0.39 is 17.6 Å². The zero-order valence-corrected chi connectivity index (χ0v) is 17.0. The Balaban J connectivity index is 1.74. The monoisotopic (exact) mass is 416 g/mol. The summed E-state index contributed by atoms with van der Waals surface area (Å²) in [4.78, 5) is 41.5. The zero-order valence-electron chi connectivity index (χ0n) is 17.0. The number of rotatable bonds is 6. The molecule has 0 saturated heterocycles. The van der Waals surface area contributed by atoms with Crippen LogP contribution in [-0.4, -0.2) is 36.1 Å². The lowest BCUT2D eigenvalue weighted by Crippen LogP contribution is -2.12. The number of carbonyl (C=O) groups is 2. The van der Waals surface area contributed by atoms with Gasteiger partial charge in [0.1, 0.15) is 0 Å². The Bertz CT molecular complexity index is 1100. The third-order valence-electron chi connectivity index (χ3n) is 4.35. The predicted molar refractivity (Wildman–Crippen MR) is 118 cm³/mol. The molecule has 0 spiro atoms. The van der Waals surface area contributed by atoms with Crippen LogP contribution in [0.25, 0.3) is 24.3 Å². The lowest BCUT2D eigenvalue weighted by atomic mass is 10.1. The molecule has 3 rings (SSSR count). The van der Waals surface area contributed by atoms with E-state index in [0.717, 1.165) is 11.1 Å². The van der Waals surface area contributed by atoms with Crippen molar-refractivity contribution >= 4 is 36.2 Å². The van der Waals surface area contributed by atoms with Gasteiger partial charge in [-0.15, -0.1) is 0 Å². The number of carbonyl (C=O) groups excluding carboxylic acids is 2. The number of aromatic amines is 1. The van der Waals surface area contributed by atoms with Gasteiger partial charge in [-0.2, -0.15) is 4.98 Å². The first-order valence-corrected chi connectivity index (χ1v) is 9.33. The third kappa shape index (κ3) is 5.86. The highest BCUT2D eigenvalue weighted by Gasteiger charge is 2.04. The van der Waals surface area contributed by atoms with Crippen molar-refractivity contribution in [3.05, 3.63) is 98.7 Å². The van der Waals surface area contributed by atoms with E-state index in [-0.39, 0.29) is 0 Å². The molecule has 1 aromatic heterocycles. The van der Waals surface area contributed by atoms with Gasteiger partial charge in [0.05, 0.1) is 31.0 Å². The number of nitrogens with one attached hydrogen (secondary N) is 1. The Labute approximate surface area is 178 Å². The number of ether oxygens (including phenoxy) is 2. The van der Waals surface area contributed by atoms with Crippen molar-refractivity contribution in [1.82, 2.24) is 9.97 Å². The summed E-state index contributed by atoms with van der Waals surface area (Å²) in [6, 6.07) is 15.5. The smallest absolute Gasteiger partial charge is 0.345 e. The molecule has 0 radical (unpaired) electrons. The molecule has 0 amide bonds. The Morgan fingerprint density at radius 2 is 1.26 bits per heavy atom. The Morgan fingerprint density at radius 1 is 0.774 bits per heavy atom. The van der Waals surface area contributed by atoms with Crippen LogP contribution in [-0.2, 0) is 9.47 Å². The molecule has 0 aliphatic rings. The van der Waals surface area contributed by atoms with Crippen LogP contribution in [0.4, 0.5) is 0 Å². The molecule has 2 aromatic carbocycles. The number of esters is 2. The van der Waals surface area contributed by atoms with Crippen LogP contribution in [0.5, 0.6) is 0 Å². The summed E-state index contributed by atoms with van der Waals surface area (Å²) in [6.45, 7) is 0. The van der Waals surface area contributed by atoms with E-state index >= 15 is 0 Å². The summed E-state index contributed by atoms with van der Waals surface area (Å²) >= 11 is 0. The topological polar surface area (TPSA) is 98.4 Å². The van der Waals surface area contributed by atoms with Gasteiger partial charge in [0, 0.05) is 5.69 Å². The summed E-state index contributed by atoms with van der Waals surface area (Å²) < 4.78 is 9.35. The maximum atomic E-state index is 11.9. The van der Waals surface area contributed by atoms with Crippen LogP contribution < -0.4 is 5.69 Å². The first-order valence-electron chi connectivity index (χ1n) is 9.33. The van der Waals surface area contributed by atoms with E-state index in [1.165, 1.54) is 14.2 Å². The Hall–Kier alpha value is -4.26. The predicted octanol–water partition coefficient (Wildman–Crippen LogP) is 3.68. The largest absolute Gasteiger partial charge is 0.465 e. The minimum Gasteiger partial charge on any atom is -0.465 e. The molecule has 0 saturated carbocycles. The molecule has 31 heavy (non-hydrogen) atoms. The average Bonchev–Trinajstić information content (AvgIpc) is 2.80. The normalized spacial score (nSPS) is 11.0. The number of aromatic nitrogens is 2. The van der Waals surface area contributed by atoms with Crippen LogP contribution in [0, 0.1) is 0 Å². The Morgan fingerprint density at radius 3 is 1.74 bits per heavy atom. The minimum absolute atomic E-state index is 0.398. The molecule has 3 aromatic rings. The summed E-state index contributed by atoms with van der Waals surface area (Å²) in [5.41, 5.74) is 3.22. The number of hydrogen-bond donors (Lipinski definition) is 1. The summed E-state index contributed by atoms with van der Waals surface area (Å²) in [5.74, 6) is -0.798. The van der Waals surface area contributed by atoms with Crippen molar-refractivity contribution in [3.63, 3.8) is 0 Å². The second-order valence-corrected chi connectivity index (χ2v) is 6.46. The Kier molecular flexibility index (Phi) is 6.90. The summed E-state index contributed by atoms with van der Waals surface area (Å²) in [5, 5.41) is 0. The molecule has 0 unspecified atom stereocenters. The number of benzene rings is 2. The highest BCUT2D eigenvalue weighted by Crippen LogP contribution is 2.12. The van der Waals surface area contributed by atoms with E-state index in [1.807, 2.05) is 6.08 Å². The van der Waals surface area contributed by atoms with Gasteiger partial charge in [-0.25, -0.2) is 14.4 Å².